The Labute approximate surface area is 113 Å². The first-order valence-corrected chi connectivity index (χ1v) is 6.22. The first kappa shape index (κ1) is 12.2. The fourth-order valence-corrected chi connectivity index (χ4v) is 2.00. The van der Waals surface area contributed by atoms with Crippen molar-refractivity contribution in [2.24, 2.45) is 0 Å². The molecule has 0 aliphatic carbocycles. The third-order valence-electron chi connectivity index (χ3n) is 2.46. The van der Waals surface area contributed by atoms with E-state index in [1.165, 1.54) is 6.07 Å². The molecule has 17 heavy (non-hydrogen) atoms. The summed E-state index contributed by atoms with van der Waals surface area (Å²) in [5.41, 5.74) is 8.34. The van der Waals surface area contributed by atoms with Crippen molar-refractivity contribution in [3.8, 4) is 0 Å². The zero-order chi connectivity index (χ0) is 12.4. The number of nitrogens with one attached hydrogen (secondary N) is 1. The highest BCUT2D eigenvalue weighted by Crippen LogP contribution is 2.25. The smallest absolute Gasteiger partial charge is 0.148 e. The molecule has 4 heteroatoms. The molecule has 0 fully saturated rings. The zero-order valence-corrected chi connectivity index (χ0v) is 11.5. The lowest BCUT2D eigenvalue weighted by atomic mass is 10.2. The minimum absolute atomic E-state index is 0.344. The van der Waals surface area contributed by atoms with Gasteiger partial charge in [-0.15, -0.1) is 0 Å². The average Bonchev–Trinajstić information content (AvgIpc) is 2.27. The van der Waals surface area contributed by atoms with Crippen molar-refractivity contribution < 1.29 is 4.39 Å². The summed E-state index contributed by atoms with van der Waals surface area (Å²) in [5.74, 6) is -0.344. The highest BCUT2D eigenvalue weighted by atomic mass is 127. The summed E-state index contributed by atoms with van der Waals surface area (Å²) in [4.78, 5) is 0. The van der Waals surface area contributed by atoms with Crippen molar-refractivity contribution in [1.29, 1.82) is 0 Å². The Balaban J connectivity index is 2.34. The fourth-order valence-electron chi connectivity index (χ4n) is 1.51. The number of aryl methyl sites for hydroxylation is 1. The predicted molar refractivity (Wildman–Crippen MR) is 78.0 cm³/mol. The highest BCUT2D eigenvalue weighted by Gasteiger charge is 2.05. The van der Waals surface area contributed by atoms with Crippen LogP contribution in [0.5, 0.6) is 0 Å². The monoisotopic (exact) mass is 342 g/mol. The number of hydrogen-bond acceptors (Lipinski definition) is 2. The number of rotatable bonds is 2. The van der Waals surface area contributed by atoms with Gasteiger partial charge in [0.25, 0.3) is 0 Å². The molecule has 0 aliphatic heterocycles. The number of anilines is 3. The Hall–Kier alpha value is -1.30. The Kier molecular flexibility index (Phi) is 3.51. The maximum absolute atomic E-state index is 13.6. The van der Waals surface area contributed by atoms with E-state index in [9.17, 15) is 4.39 Å². The zero-order valence-electron chi connectivity index (χ0n) is 9.30. The molecule has 0 heterocycles. The van der Waals surface area contributed by atoms with E-state index in [1.54, 1.807) is 12.1 Å². The molecule has 0 aromatic heterocycles. The molecule has 0 spiro atoms. The third kappa shape index (κ3) is 2.88. The first-order valence-electron chi connectivity index (χ1n) is 5.14. The van der Waals surface area contributed by atoms with Gasteiger partial charge in [-0.25, -0.2) is 4.39 Å². The molecule has 0 amide bonds. The van der Waals surface area contributed by atoms with E-state index in [1.807, 2.05) is 25.1 Å². The van der Waals surface area contributed by atoms with Gasteiger partial charge >= 0.3 is 0 Å². The summed E-state index contributed by atoms with van der Waals surface area (Å²) in [6.07, 6.45) is 0. The quantitative estimate of drug-likeness (QED) is 0.638. The van der Waals surface area contributed by atoms with E-state index >= 15 is 0 Å². The topological polar surface area (TPSA) is 38.0 Å². The average molecular weight is 342 g/mol. The van der Waals surface area contributed by atoms with Crippen LogP contribution in [0.2, 0.25) is 0 Å². The molecule has 0 atom stereocenters. The van der Waals surface area contributed by atoms with Gasteiger partial charge in [0.2, 0.25) is 0 Å². The maximum atomic E-state index is 13.6. The van der Waals surface area contributed by atoms with Crippen molar-refractivity contribution in [2.75, 3.05) is 11.1 Å². The Morgan fingerprint density at radius 3 is 2.59 bits per heavy atom. The molecule has 0 unspecified atom stereocenters. The lowest BCUT2D eigenvalue weighted by Crippen LogP contribution is -1.97. The van der Waals surface area contributed by atoms with Crippen molar-refractivity contribution in [1.82, 2.24) is 0 Å². The van der Waals surface area contributed by atoms with Gasteiger partial charge in [0.1, 0.15) is 5.82 Å². The van der Waals surface area contributed by atoms with Crippen LogP contribution in [0.15, 0.2) is 36.4 Å². The molecule has 2 aromatic rings. The van der Waals surface area contributed by atoms with Gasteiger partial charge < -0.3 is 11.1 Å². The molecular weight excluding hydrogens is 330 g/mol. The minimum atomic E-state index is -0.344. The minimum Gasteiger partial charge on any atom is -0.399 e. The van der Waals surface area contributed by atoms with Gasteiger partial charge in [0.05, 0.1) is 5.69 Å². The van der Waals surface area contributed by atoms with Crippen LogP contribution in [0.3, 0.4) is 0 Å². The van der Waals surface area contributed by atoms with Crippen LogP contribution in [0, 0.1) is 16.3 Å². The second-order valence-electron chi connectivity index (χ2n) is 3.82. The summed E-state index contributed by atoms with van der Waals surface area (Å²) in [6, 6.07) is 10.6. The van der Waals surface area contributed by atoms with E-state index in [-0.39, 0.29) is 5.82 Å². The van der Waals surface area contributed by atoms with Gasteiger partial charge in [-0.3, -0.25) is 0 Å². The second-order valence-corrected chi connectivity index (χ2v) is 5.07. The summed E-state index contributed by atoms with van der Waals surface area (Å²) >= 11 is 2.23. The summed E-state index contributed by atoms with van der Waals surface area (Å²) in [6.45, 7) is 1.98. The molecule has 0 bridgehead atoms. The van der Waals surface area contributed by atoms with Crippen molar-refractivity contribution in [2.45, 2.75) is 6.92 Å². The fraction of sp³-hybridized carbons (Fsp3) is 0.0769. The Morgan fingerprint density at radius 1 is 1.12 bits per heavy atom. The van der Waals surface area contributed by atoms with E-state index in [0.29, 0.717) is 11.4 Å². The van der Waals surface area contributed by atoms with E-state index in [4.69, 9.17) is 5.73 Å². The Morgan fingerprint density at radius 2 is 1.88 bits per heavy atom. The molecular formula is C13H12FIN2. The lowest BCUT2D eigenvalue weighted by molar-refractivity contribution is 0.632. The third-order valence-corrected chi connectivity index (χ3v) is 3.13. The second kappa shape index (κ2) is 4.91. The largest absolute Gasteiger partial charge is 0.399 e. The van der Waals surface area contributed by atoms with Crippen molar-refractivity contribution in [3.05, 3.63) is 51.3 Å². The van der Waals surface area contributed by atoms with Crippen LogP contribution in [0.25, 0.3) is 0 Å². The molecule has 3 N–H and O–H groups in total. The van der Waals surface area contributed by atoms with Gasteiger partial charge in [-0.05, 0) is 65.4 Å². The van der Waals surface area contributed by atoms with Crippen LogP contribution in [0.4, 0.5) is 21.5 Å². The SMILES string of the molecule is Cc1ccc(I)cc1Nc1ccc(N)cc1F. The molecule has 0 saturated heterocycles. The van der Waals surface area contributed by atoms with Gasteiger partial charge in [-0.2, -0.15) is 0 Å². The van der Waals surface area contributed by atoms with E-state index < -0.39 is 0 Å². The highest BCUT2D eigenvalue weighted by molar-refractivity contribution is 14.1. The van der Waals surface area contributed by atoms with Crippen molar-refractivity contribution in [3.63, 3.8) is 0 Å². The molecule has 0 aliphatic rings. The number of halogens is 2. The van der Waals surface area contributed by atoms with Gasteiger partial charge in [0.15, 0.2) is 0 Å². The molecule has 0 radical (unpaired) electrons. The van der Waals surface area contributed by atoms with Crippen LogP contribution in [-0.4, -0.2) is 0 Å². The number of nitrogen functional groups attached to an aromatic ring is 1. The normalized spacial score (nSPS) is 10.3. The molecule has 88 valence electrons. The standard InChI is InChI=1S/C13H12FIN2/c1-8-2-3-9(15)6-13(8)17-12-5-4-10(16)7-11(12)14/h2-7,17H,16H2,1H3. The number of hydrogen-bond donors (Lipinski definition) is 2. The van der Waals surface area contributed by atoms with Gasteiger partial charge in [-0.1, -0.05) is 6.07 Å². The molecule has 2 aromatic carbocycles. The van der Waals surface area contributed by atoms with E-state index in [2.05, 4.69) is 27.9 Å². The van der Waals surface area contributed by atoms with Crippen LogP contribution in [0.1, 0.15) is 5.56 Å². The van der Waals surface area contributed by atoms with Crippen LogP contribution in [-0.2, 0) is 0 Å². The van der Waals surface area contributed by atoms with E-state index in [0.717, 1.165) is 14.8 Å². The van der Waals surface area contributed by atoms with Crippen LogP contribution < -0.4 is 11.1 Å². The van der Waals surface area contributed by atoms with Crippen LogP contribution >= 0.6 is 22.6 Å². The maximum Gasteiger partial charge on any atom is 0.148 e. The summed E-state index contributed by atoms with van der Waals surface area (Å²) in [7, 11) is 0. The Bertz CT molecular complexity index is 555. The lowest BCUT2D eigenvalue weighted by Gasteiger charge is -2.11. The summed E-state index contributed by atoms with van der Waals surface area (Å²) < 4.78 is 14.7. The number of benzene rings is 2. The first-order chi connectivity index (χ1) is 8.06. The van der Waals surface area contributed by atoms with Crippen molar-refractivity contribution >= 4 is 39.7 Å². The van der Waals surface area contributed by atoms with Gasteiger partial charge in [0, 0.05) is 14.9 Å². The molecule has 2 rings (SSSR count). The molecule has 0 saturated carbocycles. The predicted octanol–water partition coefficient (Wildman–Crippen LogP) is 4.06. The summed E-state index contributed by atoms with van der Waals surface area (Å²) in [5, 5.41) is 3.07. The molecule has 2 nitrogen and oxygen atoms in total. The number of nitrogens with two attached hydrogens (primary N) is 1.